The lowest BCUT2D eigenvalue weighted by atomic mass is 10.2. The molecule has 1 unspecified atom stereocenters. The van der Waals surface area contributed by atoms with E-state index in [0.29, 0.717) is 11.3 Å². The van der Waals surface area contributed by atoms with Crippen LogP contribution < -0.4 is 4.90 Å². The van der Waals surface area contributed by atoms with Gasteiger partial charge in [-0.25, -0.2) is 12.8 Å². The monoisotopic (exact) mass is 291 g/mol. The van der Waals surface area contributed by atoms with Crippen LogP contribution in [0.4, 0.5) is 10.1 Å². The number of hydrogen-bond donors (Lipinski definition) is 0. The van der Waals surface area contributed by atoms with Crippen LogP contribution in [0, 0.1) is 12.7 Å². The molecular weight excluding hydrogens is 281 g/mol. The molecule has 1 amide bonds. The van der Waals surface area contributed by atoms with Crippen LogP contribution in [0.3, 0.4) is 0 Å². The van der Waals surface area contributed by atoms with Gasteiger partial charge in [0, 0.05) is 29.3 Å². The molecule has 1 aromatic rings. The minimum absolute atomic E-state index is 0.0328. The highest BCUT2D eigenvalue weighted by atomic mass is 35.7. The molecule has 1 saturated heterocycles. The minimum atomic E-state index is -3.78. The lowest BCUT2D eigenvalue weighted by Gasteiger charge is -2.18. The highest BCUT2D eigenvalue weighted by molar-refractivity contribution is 8.14. The Labute approximate surface area is 109 Å². The minimum Gasteiger partial charge on any atom is -0.311 e. The van der Waals surface area contributed by atoms with Crippen LogP contribution in [0.5, 0.6) is 0 Å². The molecule has 0 aliphatic carbocycles. The van der Waals surface area contributed by atoms with E-state index >= 15 is 0 Å². The lowest BCUT2D eigenvalue weighted by Crippen LogP contribution is -2.27. The number of rotatable bonds is 2. The predicted molar refractivity (Wildman–Crippen MR) is 66.7 cm³/mol. The summed E-state index contributed by atoms with van der Waals surface area (Å²) in [4.78, 5) is 13.0. The molecule has 0 bridgehead atoms. The van der Waals surface area contributed by atoms with Crippen LogP contribution in [0.2, 0.25) is 0 Å². The van der Waals surface area contributed by atoms with Gasteiger partial charge < -0.3 is 4.90 Å². The fourth-order valence-electron chi connectivity index (χ4n) is 1.97. The molecule has 1 aliphatic heterocycles. The van der Waals surface area contributed by atoms with Crippen molar-refractivity contribution in [2.24, 2.45) is 0 Å². The number of aryl methyl sites for hydroxylation is 1. The molecule has 0 spiro atoms. The maximum atomic E-state index is 13.2. The Morgan fingerprint density at radius 1 is 1.44 bits per heavy atom. The van der Waals surface area contributed by atoms with E-state index in [1.54, 1.807) is 13.0 Å². The molecule has 2 rings (SSSR count). The van der Waals surface area contributed by atoms with Gasteiger partial charge in [0.15, 0.2) is 0 Å². The van der Waals surface area contributed by atoms with Gasteiger partial charge in [0.2, 0.25) is 15.0 Å². The van der Waals surface area contributed by atoms with Crippen molar-refractivity contribution < 1.29 is 17.6 Å². The van der Waals surface area contributed by atoms with E-state index in [9.17, 15) is 17.6 Å². The Kier molecular flexibility index (Phi) is 3.33. The van der Waals surface area contributed by atoms with Gasteiger partial charge in [-0.3, -0.25) is 4.79 Å². The summed E-state index contributed by atoms with van der Waals surface area (Å²) in [5.41, 5.74) is 1.10. The third-order valence-corrected chi connectivity index (χ3v) is 4.82. The summed E-state index contributed by atoms with van der Waals surface area (Å²) in [6.45, 7) is 1.69. The van der Waals surface area contributed by atoms with Gasteiger partial charge in [0.25, 0.3) is 0 Å². The van der Waals surface area contributed by atoms with Crippen LogP contribution >= 0.6 is 10.7 Å². The Morgan fingerprint density at radius 2 is 2.11 bits per heavy atom. The van der Waals surface area contributed by atoms with Crippen molar-refractivity contribution in [3.05, 3.63) is 29.6 Å². The van der Waals surface area contributed by atoms with Crippen molar-refractivity contribution >= 4 is 31.3 Å². The van der Waals surface area contributed by atoms with E-state index in [2.05, 4.69) is 0 Å². The van der Waals surface area contributed by atoms with Gasteiger partial charge in [-0.15, -0.1) is 0 Å². The SMILES string of the molecule is Cc1ccc(F)cc1N1CC(S(=O)(=O)Cl)CC1=O. The fraction of sp³-hybridized carbons (Fsp3) is 0.364. The zero-order chi connectivity index (χ0) is 13.5. The second kappa shape index (κ2) is 4.51. The average Bonchev–Trinajstić information content (AvgIpc) is 2.64. The highest BCUT2D eigenvalue weighted by Gasteiger charge is 2.38. The van der Waals surface area contributed by atoms with Gasteiger partial charge in [0.05, 0.1) is 0 Å². The molecule has 1 aromatic carbocycles. The molecule has 1 atom stereocenters. The summed E-state index contributed by atoms with van der Waals surface area (Å²) >= 11 is 0. The van der Waals surface area contributed by atoms with Gasteiger partial charge >= 0.3 is 0 Å². The lowest BCUT2D eigenvalue weighted by molar-refractivity contribution is -0.117. The number of nitrogens with zero attached hydrogens (tertiary/aromatic N) is 1. The number of carbonyl (C=O) groups is 1. The molecule has 0 saturated carbocycles. The normalized spacial score (nSPS) is 20.5. The second-order valence-corrected chi connectivity index (χ2v) is 7.15. The largest absolute Gasteiger partial charge is 0.311 e. The van der Waals surface area contributed by atoms with Gasteiger partial charge in [-0.05, 0) is 24.6 Å². The molecule has 7 heteroatoms. The summed E-state index contributed by atoms with van der Waals surface area (Å²) in [7, 11) is 1.46. The Morgan fingerprint density at radius 3 is 2.67 bits per heavy atom. The van der Waals surface area contributed by atoms with Crippen LogP contribution in [0.15, 0.2) is 18.2 Å². The van der Waals surface area contributed by atoms with E-state index in [1.165, 1.54) is 17.0 Å². The molecule has 0 aromatic heterocycles. The average molecular weight is 292 g/mol. The summed E-state index contributed by atoms with van der Waals surface area (Å²) in [6, 6.07) is 4.05. The number of anilines is 1. The molecule has 1 fully saturated rings. The quantitative estimate of drug-likeness (QED) is 0.781. The Bertz CT molecular complexity index is 602. The molecule has 18 heavy (non-hydrogen) atoms. The van der Waals surface area contributed by atoms with E-state index in [0.717, 1.165) is 0 Å². The molecule has 98 valence electrons. The first-order valence-electron chi connectivity index (χ1n) is 5.29. The predicted octanol–water partition coefficient (Wildman–Crippen LogP) is 1.81. The maximum absolute atomic E-state index is 13.2. The number of amides is 1. The van der Waals surface area contributed by atoms with Gasteiger partial charge in [0.1, 0.15) is 11.1 Å². The zero-order valence-electron chi connectivity index (χ0n) is 9.56. The maximum Gasteiger partial charge on any atom is 0.237 e. The summed E-state index contributed by atoms with van der Waals surface area (Å²) in [5.74, 6) is -0.835. The smallest absolute Gasteiger partial charge is 0.237 e. The van der Waals surface area contributed by atoms with Crippen molar-refractivity contribution in [2.75, 3.05) is 11.4 Å². The van der Waals surface area contributed by atoms with Crippen molar-refractivity contribution in [3.63, 3.8) is 0 Å². The van der Waals surface area contributed by atoms with E-state index in [4.69, 9.17) is 10.7 Å². The summed E-state index contributed by atoms with van der Waals surface area (Å²) < 4.78 is 35.6. The Hall–Kier alpha value is -1.14. The van der Waals surface area contributed by atoms with Crippen LogP contribution in [0.1, 0.15) is 12.0 Å². The number of hydrogen-bond acceptors (Lipinski definition) is 3. The number of carbonyl (C=O) groups excluding carboxylic acids is 1. The highest BCUT2D eigenvalue weighted by Crippen LogP contribution is 2.29. The van der Waals surface area contributed by atoms with E-state index < -0.39 is 20.1 Å². The molecular formula is C11H11ClFNO3S. The van der Waals surface area contributed by atoms with Crippen molar-refractivity contribution in [1.82, 2.24) is 0 Å². The standard InChI is InChI=1S/C11H11ClFNO3S/c1-7-2-3-8(13)4-10(7)14-6-9(5-11(14)15)18(12,16)17/h2-4,9H,5-6H2,1H3. The van der Waals surface area contributed by atoms with Crippen molar-refractivity contribution in [1.29, 1.82) is 0 Å². The second-order valence-electron chi connectivity index (χ2n) is 4.24. The summed E-state index contributed by atoms with van der Waals surface area (Å²) in [6.07, 6.45) is -0.165. The first kappa shape index (κ1) is 13.3. The topological polar surface area (TPSA) is 54.5 Å². The molecule has 4 nitrogen and oxygen atoms in total. The zero-order valence-corrected chi connectivity index (χ0v) is 11.1. The summed E-state index contributed by atoms with van der Waals surface area (Å²) in [5, 5.41) is -0.936. The molecule has 0 N–H and O–H groups in total. The molecule has 1 aliphatic rings. The van der Waals surface area contributed by atoms with Gasteiger partial charge in [-0.1, -0.05) is 6.07 Å². The van der Waals surface area contributed by atoms with E-state index in [-0.39, 0.29) is 18.9 Å². The number of benzene rings is 1. The van der Waals surface area contributed by atoms with E-state index in [1.807, 2.05) is 0 Å². The fourth-order valence-corrected chi connectivity index (χ4v) is 3.00. The van der Waals surface area contributed by atoms with Crippen LogP contribution in [-0.4, -0.2) is 26.1 Å². The van der Waals surface area contributed by atoms with Crippen molar-refractivity contribution in [2.45, 2.75) is 18.6 Å². The third kappa shape index (κ3) is 2.49. The molecule has 0 radical (unpaired) electrons. The first-order chi connectivity index (χ1) is 8.29. The van der Waals surface area contributed by atoms with Crippen molar-refractivity contribution in [3.8, 4) is 0 Å². The molecule has 1 heterocycles. The van der Waals surface area contributed by atoms with Gasteiger partial charge in [-0.2, -0.15) is 0 Å². The van der Waals surface area contributed by atoms with Crippen LogP contribution in [-0.2, 0) is 13.8 Å². The first-order valence-corrected chi connectivity index (χ1v) is 7.66. The number of halogens is 2. The Balaban J connectivity index is 2.35. The van der Waals surface area contributed by atoms with Crippen LogP contribution in [0.25, 0.3) is 0 Å². The third-order valence-electron chi connectivity index (χ3n) is 2.95.